The molecule has 16 heteroatoms. The van der Waals surface area contributed by atoms with Gasteiger partial charge in [-0.25, -0.2) is 9.36 Å². The molecule has 2 aliphatic rings. The molecular formula is C35H39F3N6O6Si. The van der Waals surface area contributed by atoms with E-state index in [1.807, 2.05) is 12.1 Å². The normalized spacial score (nSPS) is 15.6. The van der Waals surface area contributed by atoms with Crippen LogP contribution in [0.5, 0.6) is 5.75 Å². The topological polar surface area (TPSA) is 118 Å². The number of aromatic nitrogens is 4. The minimum absolute atomic E-state index is 0.106. The lowest BCUT2D eigenvalue weighted by Gasteiger charge is -2.33. The fourth-order valence-corrected chi connectivity index (χ4v) is 6.68. The number of alkyl halides is 3. The number of para-hydroxylation sites is 1. The van der Waals surface area contributed by atoms with E-state index in [0.717, 1.165) is 33.8 Å². The van der Waals surface area contributed by atoms with Crippen molar-refractivity contribution in [3.05, 3.63) is 92.1 Å². The molecule has 51 heavy (non-hydrogen) atoms. The highest BCUT2D eigenvalue weighted by molar-refractivity contribution is 6.76. The molecule has 12 nitrogen and oxygen atoms in total. The van der Waals surface area contributed by atoms with E-state index in [0.29, 0.717) is 49.5 Å². The molecule has 1 aliphatic carbocycles. The lowest BCUT2D eigenvalue weighted by atomic mass is 10.0. The van der Waals surface area contributed by atoms with E-state index in [-0.39, 0.29) is 42.4 Å². The molecule has 270 valence electrons. The Kier molecular flexibility index (Phi) is 10.5. The Morgan fingerprint density at radius 1 is 1.00 bits per heavy atom. The summed E-state index contributed by atoms with van der Waals surface area (Å²) in [6.45, 7) is 15.8. The number of nitrogens with zero attached hydrogens (tertiary/aromatic N) is 6. The molecule has 0 bridgehead atoms. The molecule has 2 aromatic carbocycles. The molecule has 0 radical (unpaired) electrons. The number of benzene rings is 2. The van der Waals surface area contributed by atoms with Crippen molar-refractivity contribution in [2.45, 2.75) is 83.1 Å². The quantitative estimate of drug-likeness (QED) is 0.0827. The van der Waals surface area contributed by atoms with Crippen LogP contribution in [0.25, 0.3) is 21.8 Å². The smallest absolute Gasteiger partial charge is 0.405 e. The molecule has 0 atom stereocenters. The van der Waals surface area contributed by atoms with Gasteiger partial charge in [0.2, 0.25) is 0 Å². The van der Waals surface area contributed by atoms with Crippen molar-refractivity contribution < 1.29 is 31.9 Å². The summed E-state index contributed by atoms with van der Waals surface area (Å²) >= 11 is 0. The van der Waals surface area contributed by atoms with Crippen molar-refractivity contribution in [2.75, 3.05) is 24.6 Å². The largest absolute Gasteiger partial charge is 0.573 e. The van der Waals surface area contributed by atoms with Crippen LogP contribution in [0.2, 0.25) is 25.7 Å². The van der Waals surface area contributed by atoms with Crippen LogP contribution in [0.1, 0.15) is 42.9 Å². The maximum absolute atomic E-state index is 13.3. The maximum Gasteiger partial charge on any atom is 0.573 e. The highest BCUT2D eigenvalue weighted by Crippen LogP contribution is 2.46. The molecule has 3 heterocycles. The second-order valence-corrected chi connectivity index (χ2v) is 19.5. The van der Waals surface area contributed by atoms with Crippen LogP contribution in [0.4, 0.5) is 24.7 Å². The highest BCUT2D eigenvalue weighted by Gasteiger charge is 2.36. The van der Waals surface area contributed by atoms with Gasteiger partial charge >= 0.3 is 17.9 Å². The van der Waals surface area contributed by atoms with E-state index in [2.05, 4.69) is 44.4 Å². The fourth-order valence-electron chi connectivity index (χ4n) is 5.92. The minimum Gasteiger partial charge on any atom is -0.405 e. The minimum atomic E-state index is -4.85. The predicted molar refractivity (Wildman–Crippen MR) is 185 cm³/mol. The Morgan fingerprint density at radius 3 is 2.33 bits per heavy atom. The van der Waals surface area contributed by atoms with Crippen LogP contribution in [-0.2, 0) is 22.8 Å². The number of rotatable bonds is 13. The molecule has 0 spiro atoms. The number of hydrogen-bond donors (Lipinski definition) is 0. The summed E-state index contributed by atoms with van der Waals surface area (Å²) < 4.78 is 63.3. The van der Waals surface area contributed by atoms with E-state index in [4.69, 9.17) is 20.6 Å². The highest BCUT2D eigenvalue weighted by atomic mass is 28.3. The molecule has 6 rings (SSSR count). The van der Waals surface area contributed by atoms with Crippen molar-refractivity contribution in [1.82, 2.24) is 19.5 Å². The predicted octanol–water partition coefficient (Wildman–Crippen LogP) is 6.87. The molecule has 0 amide bonds. The monoisotopic (exact) mass is 724 g/mol. The summed E-state index contributed by atoms with van der Waals surface area (Å²) in [6.07, 6.45) is -1.75. The van der Waals surface area contributed by atoms with Crippen molar-refractivity contribution in [1.29, 1.82) is 0 Å². The molecule has 1 saturated heterocycles. The van der Waals surface area contributed by atoms with Gasteiger partial charge in [-0.15, -0.1) is 17.9 Å². The van der Waals surface area contributed by atoms with Crippen molar-refractivity contribution in [3.63, 3.8) is 0 Å². The maximum atomic E-state index is 13.3. The third kappa shape index (κ3) is 8.78. The summed E-state index contributed by atoms with van der Waals surface area (Å²) in [4.78, 5) is 31.6. The van der Waals surface area contributed by atoms with E-state index >= 15 is 0 Å². The zero-order chi connectivity index (χ0) is 36.3. The van der Waals surface area contributed by atoms with Gasteiger partial charge in [-0.2, -0.15) is 0 Å². The molecule has 4 aromatic rings. The van der Waals surface area contributed by atoms with E-state index in [1.54, 1.807) is 18.2 Å². The molecule has 1 saturated carbocycles. The Bertz CT molecular complexity index is 2000. The lowest BCUT2D eigenvalue weighted by Crippen LogP contribution is -2.40. The summed E-state index contributed by atoms with van der Waals surface area (Å²) in [5.41, 5.74) is 0.823. The van der Waals surface area contributed by atoms with Crippen LogP contribution in [0.3, 0.4) is 0 Å². The summed E-state index contributed by atoms with van der Waals surface area (Å²) in [6, 6.07) is 13.7. The summed E-state index contributed by atoms with van der Waals surface area (Å²) in [5, 5.41) is 8.08. The first kappa shape index (κ1) is 36.1. The average Bonchev–Trinajstić information content (AvgIpc) is 3.85. The molecule has 0 unspecified atom stereocenters. The molecular weight excluding hydrogens is 686 g/mol. The first-order chi connectivity index (χ1) is 24.3. The lowest BCUT2D eigenvalue weighted by molar-refractivity contribution is -0.274. The van der Waals surface area contributed by atoms with Gasteiger partial charge in [0.05, 0.1) is 18.4 Å². The Labute approximate surface area is 293 Å². The zero-order valence-corrected chi connectivity index (χ0v) is 29.6. The van der Waals surface area contributed by atoms with E-state index in [1.165, 1.54) is 18.2 Å². The first-order valence-electron chi connectivity index (χ1n) is 16.8. The molecule has 2 aromatic heterocycles. The summed E-state index contributed by atoms with van der Waals surface area (Å²) in [7, 11) is -1.35. The van der Waals surface area contributed by atoms with Crippen molar-refractivity contribution >= 4 is 19.6 Å². The standard InChI is InChI=1S/C35H39F3N6O6Si/c1-39-32-33(45)44(34(46)43(40-32)22-47-19-20-51(2,3)4)25-13-11-24(12-14-25)42-17-15-26(16-18-42)48-21-28-30(41-50-31(28)23-9-10-23)27-7-5-6-8-29(27)49-35(36,37)38/h5-8,11-14,23,26H,9-10,15-22H2,2-4H3. The number of ether oxygens (including phenoxy) is 3. The van der Waals surface area contributed by atoms with Gasteiger partial charge in [-0.05, 0) is 73.2 Å². The summed E-state index contributed by atoms with van der Waals surface area (Å²) in [5.74, 6) is 0.0326. The first-order valence-corrected chi connectivity index (χ1v) is 20.5. The second kappa shape index (κ2) is 14.9. The van der Waals surface area contributed by atoms with Gasteiger partial charge in [-0.3, -0.25) is 4.79 Å². The third-order valence-corrected chi connectivity index (χ3v) is 10.6. The number of piperidine rings is 1. The van der Waals surface area contributed by atoms with Crippen LogP contribution in [0, 0.1) is 6.57 Å². The fraction of sp³-hybridized carbons (Fsp3) is 0.457. The van der Waals surface area contributed by atoms with Gasteiger partial charge in [-0.1, -0.05) is 43.5 Å². The van der Waals surface area contributed by atoms with Crippen LogP contribution < -0.4 is 20.9 Å². The van der Waals surface area contributed by atoms with Gasteiger partial charge in [0.25, 0.3) is 5.56 Å². The number of anilines is 1. The Balaban J connectivity index is 1.11. The van der Waals surface area contributed by atoms with Crippen LogP contribution in [-0.4, -0.2) is 59.7 Å². The van der Waals surface area contributed by atoms with E-state index in [9.17, 15) is 22.8 Å². The number of halogens is 3. The van der Waals surface area contributed by atoms with Gasteiger partial charge in [0, 0.05) is 50.5 Å². The SMILES string of the molecule is [C-]#[N+]c1nn(COCC[Si](C)(C)C)c(=O)n(-c2ccc(N3CCC(OCc4c(-c5ccccc5OC(F)(F)F)noc4C4CC4)CC3)cc2)c1=O. The van der Waals surface area contributed by atoms with Gasteiger partial charge in [0.15, 0.2) is 6.73 Å². The number of hydrogen-bond acceptors (Lipinski definition) is 9. The van der Waals surface area contributed by atoms with Crippen molar-refractivity contribution in [3.8, 4) is 22.7 Å². The van der Waals surface area contributed by atoms with E-state index < -0.39 is 31.5 Å². The Hall–Kier alpha value is -4.72. The Morgan fingerprint density at radius 2 is 1.69 bits per heavy atom. The second-order valence-electron chi connectivity index (χ2n) is 13.9. The van der Waals surface area contributed by atoms with Gasteiger partial charge in [0.1, 0.15) is 17.2 Å². The van der Waals surface area contributed by atoms with Gasteiger partial charge < -0.3 is 28.5 Å². The molecule has 1 aliphatic heterocycles. The zero-order valence-electron chi connectivity index (χ0n) is 28.6. The van der Waals surface area contributed by atoms with Crippen LogP contribution >= 0.6 is 0 Å². The average molecular weight is 725 g/mol. The molecule has 2 fully saturated rings. The third-order valence-electron chi connectivity index (χ3n) is 8.85. The van der Waals surface area contributed by atoms with Crippen LogP contribution in [0.15, 0.2) is 62.6 Å². The van der Waals surface area contributed by atoms with Crippen molar-refractivity contribution in [2.24, 2.45) is 0 Å². The molecule has 0 N–H and O–H groups in total.